The van der Waals surface area contributed by atoms with Crippen molar-refractivity contribution in [3.05, 3.63) is 34.9 Å². The average molecular weight is 426 g/mol. The molecule has 29 heavy (non-hydrogen) atoms. The number of aliphatic carboxylic acids is 1. The summed E-state index contributed by atoms with van der Waals surface area (Å²) in [7, 11) is 0. The fourth-order valence-corrected chi connectivity index (χ4v) is 3.36. The van der Waals surface area contributed by atoms with Crippen molar-refractivity contribution in [2.24, 2.45) is 11.8 Å². The molecule has 0 radical (unpaired) electrons. The first-order chi connectivity index (χ1) is 13.8. The third kappa shape index (κ3) is 7.57. The van der Waals surface area contributed by atoms with E-state index in [1.54, 1.807) is 38.1 Å². The molecule has 160 valence electrons. The largest absolute Gasteiger partial charge is 0.481 e. The number of hydrogen-bond donors (Lipinski definition) is 2. The van der Waals surface area contributed by atoms with Gasteiger partial charge in [-0.05, 0) is 37.0 Å². The maximum Gasteiger partial charge on any atom is 0.410 e. The summed E-state index contributed by atoms with van der Waals surface area (Å²) >= 11 is 5.90. The number of carboxylic acid groups (broad SMARTS) is 1. The topological polar surface area (TPSA) is 102 Å². The highest BCUT2D eigenvalue weighted by Gasteiger charge is 2.30. The molecular formula is C21H28ClNO6. The second kappa shape index (κ2) is 11.0. The van der Waals surface area contributed by atoms with Crippen LogP contribution in [-0.2, 0) is 19.1 Å². The van der Waals surface area contributed by atoms with Crippen LogP contribution in [0.3, 0.4) is 0 Å². The lowest BCUT2D eigenvalue weighted by atomic mass is 10.0. The predicted octanol–water partition coefficient (Wildman–Crippen LogP) is 4.69. The Labute approximate surface area is 175 Å². The van der Waals surface area contributed by atoms with E-state index in [9.17, 15) is 14.4 Å². The third-order valence-corrected chi connectivity index (χ3v) is 5.15. The molecule has 0 aliphatic heterocycles. The Hall–Kier alpha value is -2.28. The molecule has 8 heteroatoms. The fraction of sp³-hybridized carbons (Fsp3) is 0.571. The number of halogens is 1. The summed E-state index contributed by atoms with van der Waals surface area (Å²) < 4.78 is 10.8. The van der Waals surface area contributed by atoms with Crippen LogP contribution in [-0.4, -0.2) is 29.4 Å². The van der Waals surface area contributed by atoms with E-state index in [1.165, 1.54) is 0 Å². The molecule has 7 nitrogen and oxygen atoms in total. The SMILES string of the molecule is CC(C)C(OC(=O)NC(CCC(=O)O)c1ccc(Cl)cc1)OC(=O)C1CCCC1. The van der Waals surface area contributed by atoms with Gasteiger partial charge in [0.25, 0.3) is 6.29 Å². The van der Waals surface area contributed by atoms with Crippen molar-refractivity contribution in [2.75, 3.05) is 0 Å². The summed E-state index contributed by atoms with van der Waals surface area (Å²) in [4.78, 5) is 35.7. The molecule has 0 bridgehead atoms. The number of carbonyl (C=O) groups is 3. The smallest absolute Gasteiger partial charge is 0.410 e. The molecule has 1 aromatic rings. The first-order valence-electron chi connectivity index (χ1n) is 9.91. The van der Waals surface area contributed by atoms with Gasteiger partial charge in [0.05, 0.1) is 12.0 Å². The second-order valence-electron chi connectivity index (χ2n) is 7.62. The van der Waals surface area contributed by atoms with Crippen LogP contribution in [0.1, 0.15) is 64.0 Å². The highest BCUT2D eigenvalue weighted by molar-refractivity contribution is 6.30. The van der Waals surface area contributed by atoms with E-state index in [4.69, 9.17) is 26.2 Å². The lowest BCUT2D eigenvalue weighted by Gasteiger charge is -2.25. The Bertz CT molecular complexity index is 700. The number of carbonyl (C=O) groups excluding carboxylic acids is 2. The van der Waals surface area contributed by atoms with E-state index in [1.807, 2.05) is 0 Å². The fourth-order valence-electron chi connectivity index (χ4n) is 3.24. The van der Waals surface area contributed by atoms with Gasteiger partial charge in [-0.15, -0.1) is 0 Å². The van der Waals surface area contributed by atoms with Crippen molar-refractivity contribution in [3.63, 3.8) is 0 Å². The summed E-state index contributed by atoms with van der Waals surface area (Å²) in [5.74, 6) is -1.67. The number of nitrogens with one attached hydrogen (secondary N) is 1. The highest BCUT2D eigenvalue weighted by atomic mass is 35.5. The number of ether oxygens (including phenoxy) is 2. The van der Waals surface area contributed by atoms with Gasteiger partial charge in [-0.2, -0.15) is 0 Å². The zero-order valence-corrected chi connectivity index (χ0v) is 17.5. The minimum Gasteiger partial charge on any atom is -0.481 e. The van der Waals surface area contributed by atoms with Gasteiger partial charge >= 0.3 is 18.0 Å². The van der Waals surface area contributed by atoms with Gasteiger partial charge in [-0.25, -0.2) is 4.79 Å². The van der Waals surface area contributed by atoms with Gasteiger partial charge in [0.1, 0.15) is 0 Å². The molecule has 1 amide bonds. The summed E-state index contributed by atoms with van der Waals surface area (Å²) in [6.45, 7) is 3.59. The maximum absolute atomic E-state index is 12.5. The molecule has 0 saturated heterocycles. The average Bonchev–Trinajstić information content (AvgIpc) is 3.20. The van der Waals surface area contributed by atoms with E-state index in [0.717, 1.165) is 25.7 Å². The number of amides is 1. The normalized spacial score (nSPS) is 16.3. The molecule has 1 aliphatic carbocycles. The quantitative estimate of drug-likeness (QED) is 0.439. The third-order valence-electron chi connectivity index (χ3n) is 4.90. The highest BCUT2D eigenvalue weighted by Crippen LogP contribution is 2.27. The number of carboxylic acids is 1. The van der Waals surface area contributed by atoms with Crippen molar-refractivity contribution >= 4 is 29.6 Å². The van der Waals surface area contributed by atoms with E-state index in [0.29, 0.717) is 10.6 Å². The van der Waals surface area contributed by atoms with Crippen LogP contribution < -0.4 is 5.32 Å². The zero-order valence-electron chi connectivity index (χ0n) is 16.7. The summed E-state index contributed by atoms with van der Waals surface area (Å²) in [6.07, 6.45) is 1.87. The molecule has 1 aliphatic rings. The Morgan fingerprint density at radius 3 is 2.31 bits per heavy atom. The van der Waals surface area contributed by atoms with Crippen molar-refractivity contribution < 1.29 is 29.0 Å². The summed E-state index contributed by atoms with van der Waals surface area (Å²) in [5.41, 5.74) is 0.705. The summed E-state index contributed by atoms with van der Waals surface area (Å²) in [5, 5.41) is 12.2. The lowest BCUT2D eigenvalue weighted by molar-refractivity contribution is -0.179. The molecule has 2 atom stereocenters. The lowest BCUT2D eigenvalue weighted by Crippen LogP contribution is -2.37. The molecule has 0 spiro atoms. The standard InChI is InChI=1S/C21H28ClNO6/c1-13(2)20(28-19(26)15-5-3-4-6-15)29-21(27)23-17(11-12-18(24)25)14-7-9-16(22)10-8-14/h7-10,13,15,17,20H,3-6,11-12H2,1-2H3,(H,23,27)(H,24,25). The number of alkyl carbamates (subject to hydrolysis) is 1. The van der Waals surface area contributed by atoms with Crippen molar-refractivity contribution in [1.29, 1.82) is 0 Å². The molecule has 2 rings (SSSR count). The van der Waals surface area contributed by atoms with E-state index < -0.39 is 24.4 Å². The van der Waals surface area contributed by atoms with Gasteiger partial charge < -0.3 is 19.9 Å². The van der Waals surface area contributed by atoms with Crippen LogP contribution in [0.25, 0.3) is 0 Å². The van der Waals surface area contributed by atoms with Crippen LogP contribution in [0.4, 0.5) is 4.79 Å². The van der Waals surface area contributed by atoms with Gasteiger partial charge in [-0.1, -0.05) is 50.4 Å². The van der Waals surface area contributed by atoms with Gasteiger partial charge in [0.15, 0.2) is 0 Å². The van der Waals surface area contributed by atoms with Crippen molar-refractivity contribution in [2.45, 2.75) is 64.7 Å². The molecule has 1 fully saturated rings. The van der Waals surface area contributed by atoms with Crippen LogP contribution in [0.5, 0.6) is 0 Å². The Morgan fingerprint density at radius 2 is 1.76 bits per heavy atom. The van der Waals surface area contributed by atoms with E-state index >= 15 is 0 Å². The minimum atomic E-state index is -1.01. The zero-order chi connectivity index (χ0) is 21.4. The minimum absolute atomic E-state index is 0.127. The monoisotopic (exact) mass is 425 g/mol. The second-order valence-corrected chi connectivity index (χ2v) is 8.05. The summed E-state index contributed by atoms with van der Waals surface area (Å²) in [6, 6.07) is 6.19. The molecule has 2 N–H and O–H groups in total. The Morgan fingerprint density at radius 1 is 1.14 bits per heavy atom. The number of hydrogen-bond acceptors (Lipinski definition) is 5. The van der Waals surface area contributed by atoms with Crippen LogP contribution in [0.2, 0.25) is 5.02 Å². The van der Waals surface area contributed by atoms with Crippen molar-refractivity contribution in [1.82, 2.24) is 5.32 Å². The van der Waals surface area contributed by atoms with Crippen LogP contribution in [0.15, 0.2) is 24.3 Å². The molecule has 2 unspecified atom stereocenters. The Balaban J connectivity index is 2.00. The molecule has 1 aromatic carbocycles. The van der Waals surface area contributed by atoms with E-state index in [2.05, 4.69) is 5.32 Å². The molecule has 0 aromatic heterocycles. The van der Waals surface area contributed by atoms with E-state index in [-0.39, 0.29) is 30.6 Å². The number of benzene rings is 1. The predicted molar refractivity (Wildman–Crippen MR) is 107 cm³/mol. The first-order valence-corrected chi connectivity index (χ1v) is 10.3. The van der Waals surface area contributed by atoms with Gasteiger partial charge in [0, 0.05) is 17.4 Å². The molecule has 0 heterocycles. The maximum atomic E-state index is 12.5. The molecular weight excluding hydrogens is 398 g/mol. The Kier molecular flexibility index (Phi) is 8.76. The van der Waals surface area contributed by atoms with Crippen LogP contribution in [0, 0.1) is 11.8 Å². The van der Waals surface area contributed by atoms with Crippen molar-refractivity contribution in [3.8, 4) is 0 Å². The number of esters is 1. The molecule has 1 saturated carbocycles. The van der Waals surface area contributed by atoms with Gasteiger partial charge in [0.2, 0.25) is 0 Å². The van der Waals surface area contributed by atoms with Crippen LogP contribution >= 0.6 is 11.6 Å². The first kappa shape index (κ1) is 23.0. The van der Waals surface area contributed by atoms with Gasteiger partial charge in [-0.3, -0.25) is 9.59 Å². The number of rotatable bonds is 9.